The zero-order valence-corrected chi connectivity index (χ0v) is 21.0. The van der Waals surface area contributed by atoms with Gasteiger partial charge in [-0.15, -0.1) is 0 Å². The Kier molecular flexibility index (Phi) is 7.12. The van der Waals surface area contributed by atoms with Crippen LogP contribution in [0.25, 0.3) is 0 Å². The summed E-state index contributed by atoms with van der Waals surface area (Å²) in [6.45, 7) is 5.26. The first-order chi connectivity index (χ1) is 17.7. The summed E-state index contributed by atoms with van der Waals surface area (Å²) in [5.41, 5.74) is 1.67. The third kappa shape index (κ3) is 5.75. The van der Waals surface area contributed by atoms with E-state index in [0.717, 1.165) is 23.3 Å². The fourth-order valence-electron chi connectivity index (χ4n) is 5.05. The maximum atomic E-state index is 14.0. The van der Waals surface area contributed by atoms with E-state index in [4.69, 9.17) is 19.4 Å². The van der Waals surface area contributed by atoms with Gasteiger partial charge in [-0.2, -0.15) is 0 Å². The lowest BCUT2D eigenvalue weighted by atomic mass is 9.89. The zero-order valence-electron chi connectivity index (χ0n) is 21.0. The number of nitrogens with zero attached hydrogens (tertiary/aromatic N) is 4. The quantitative estimate of drug-likeness (QED) is 0.586. The van der Waals surface area contributed by atoms with E-state index < -0.39 is 11.6 Å². The molecule has 1 aromatic heterocycles. The van der Waals surface area contributed by atoms with Crippen molar-refractivity contribution in [3.63, 3.8) is 0 Å². The predicted molar refractivity (Wildman–Crippen MR) is 131 cm³/mol. The van der Waals surface area contributed by atoms with Crippen molar-refractivity contribution in [2.45, 2.75) is 70.7 Å². The van der Waals surface area contributed by atoms with Crippen LogP contribution in [0.3, 0.4) is 0 Å². The molecule has 1 amide bonds. The molecule has 1 aromatic carbocycles. The van der Waals surface area contributed by atoms with Crippen molar-refractivity contribution in [1.82, 2.24) is 14.9 Å². The summed E-state index contributed by atoms with van der Waals surface area (Å²) in [5, 5.41) is 3.48. The highest BCUT2D eigenvalue weighted by Gasteiger charge is 2.34. The Labute approximate surface area is 214 Å². The number of benzene rings is 1. The van der Waals surface area contributed by atoms with Crippen LogP contribution in [-0.2, 0) is 27.3 Å². The molecule has 0 atom stereocenters. The van der Waals surface area contributed by atoms with Crippen molar-refractivity contribution in [1.29, 1.82) is 0 Å². The van der Waals surface area contributed by atoms with Crippen LogP contribution in [0.1, 0.15) is 50.9 Å². The molecule has 9 nitrogen and oxygen atoms in total. The van der Waals surface area contributed by atoms with Crippen molar-refractivity contribution >= 4 is 23.5 Å². The minimum absolute atomic E-state index is 0.00826. The second-order valence-electron chi connectivity index (χ2n) is 9.90. The molecule has 0 bridgehead atoms. The minimum Gasteiger partial charge on any atom is -0.487 e. The summed E-state index contributed by atoms with van der Waals surface area (Å²) in [5.74, 6) is -0.166. The van der Waals surface area contributed by atoms with E-state index in [1.165, 1.54) is 19.1 Å². The Morgan fingerprint density at radius 1 is 1.03 bits per heavy atom. The number of hydrogen-bond donors (Lipinski definition) is 1. The smallest absolute Gasteiger partial charge is 0.302 e. The van der Waals surface area contributed by atoms with Crippen LogP contribution in [0.4, 0.5) is 20.4 Å². The number of piperidine rings is 1. The second-order valence-corrected chi connectivity index (χ2v) is 9.90. The maximum Gasteiger partial charge on any atom is 0.302 e. The van der Waals surface area contributed by atoms with Crippen molar-refractivity contribution in [3.8, 4) is 5.75 Å². The molecule has 0 unspecified atom stereocenters. The SMILES string of the molecule is CC(=O)O[C@H]1C[C@@H](Nc2nc3c(nc2N2CCC(Oc4ccc(F)cc4F)CC2)CCN(C(C)=O)C3)C1. The number of nitrogens with one attached hydrogen (secondary N) is 1. The van der Waals surface area contributed by atoms with Gasteiger partial charge in [0.2, 0.25) is 5.91 Å². The van der Waals surface area contributed by atoms with Gasteiger partial charge in [0.1, 0.15) is 18.0 Å². The van der Waals surface area contributed by atoms with Gasteiger partial charge in [0.25, 0.3) is 0 Å². The van der Waals surface area contributed by atoms with Crippen molar-refractivity contribution in [3.05, 3.63) is 41.2 Å². The van der Waals surface area contributed by atoms with Gasteiger partial charge in [-0.05, 0) is 12.1 Å². The summed E-state index contributed by atoms with van der Waals surface area (Å²) < 4.78 is 38.4. The predicted octanol–water partition coefficient (Wildman–Crippen LogP) is 3.21. The topological polar surface area (TPSA) is 96.9 Å². The Hall–Kier alpha value is -3.50. The van der Waals surface area contributed by atoms with Gasteiger partial charge in [-0.25, -0.2) is 18.7 Å². The molecule has 3 heterocycles. The first kappa shape index (κ1) is 25.2. The molecule has 198 valence electrons. The molecule has 1 aliphatic carbocycles. The molecule has 1 saturated heterocycles. The lowest BCUT2D eigenvalue weighted by molar-refractivity contribution is -0.150. The van der Waals surface area contributed by atoms with Gasteiger partial charge < -0.3 is 24.6 Å². The number of carbonyl (C=O) groups is 2. The van der Waals surface area contributed by atoms with Gasteiger partial charge in [-0.3, -0.25) is 9.59 Å². The number of anilines is 2. The van der Waals surface area contributed by atoms with E-state index in [0.29, 0.717) is 64.1 Å². The van der Waals surface area contributed by atoms with Gasteiger partial charge in [0.05, 0.1) is 17.9 Å². The Balaban J connectivity index is 1.30. The molecule has 0 spiro atoms. The maximum absolute atomic E-state index is 14.0. The Morgan fingerprint density at radius 3 is 2.46 bits per heavy atom. The second kappa shape index (κ2) is 10.5. The summed E-state index contributed by atoms with van der Waals surface area (Å²) >= 11 is 0. The first-order valence-electron chi connectivity index (χ1n) is 12.7. The monoisotopic (exact) mass is 515 g/mol. The Morgan fingerprint density at radius 2 is 1.78 bits per heavy atom. The standard InChI is InChI=1S/C26H31F2N5O4/c1-15(34)33-10-7-22-23(14-33)30-25(29-18-12-20(13-18)36-16(2)35)26(31-22)32-8-5-19(6-9-32)37-24-4-3-17(27)11-21(24)28/h3-4,11,18-20H,5-10,12-14H2,1-2H3,(H,29,30)/t18-,20+. The van der Waals surface area contributed by atoms with Crippen LogP contribution >= 0.6 is 0 Å². The van der Waals surface area contributed by atoms with E-state index in [2.05, 4.69) is 10.2 Å². The molecule has 1 N–H and O–H groups in total. The minimum atomic E-state index is -0.707. The molecule has 2 aliphatic heterocycles. The molecule has 2 fully saturated rings. The largest absolute Gasteiger partial charge is 0.487 e. The van der Waals surface area contributed by atoms with Gasteiger partial charge in [0, 0.05) is 77.7 Å². The first-order valence-corrected chi connectivity index (χ1v) is 12.7. The molecule has 5 rings (SSSR count). The fourth-order valence-corrected chi connectivity index (χ4v) is 5.05. The molecular weight excluding hydrogens is 484 g/mol. The van der Waals surface area contributed by atoms with Crippen molar-refractivity contribution in [2.24, 2.45) is 0 Å². The average Bonchev–Trinajstić information content (AvgIpc) is 2.84. The number of rotatable bonds is 6. The highest BCUT2D eigenvalue weighted by Crippen LogP contribution is 2.33. The van der Waals surface area contributed by atoms with E-state index in [1.54, 1.807) is 11.8 Å². The lowest BCUT2D eigenvalue weighted by Gasteiger charge is -2.38. The third-order valence-electron chi connectivity index (χ3n) is 7.13. The molecular formula is C26H31F2N5O4. The van der Waals surface area contributed by atoms with Crippen LogP contribution < -0.4 is 15.0 Å². The highest BCUT2D eigenvalue weighted by molar-refractivity contribution is 5.73. The molecule has 0 radical (unpaired) electrons. The lowest BCUT2D eigenvalue weighted by Crippen LogP contribution is -2.44. The van der Waals surface area contributed by atoms with Gasteiger partial charge >= 0.3 is 5.97 Å². The molecule has 2 aromatic rings. The number of amides is 1. The molecule has 11 heteroatoms. The zero-order chi connectivity index (χ0) is 26.1. The van der Waals surface area contributed by atoms with Crippen LogP contribution in [0, 0.1) is 11.6 Å². The number of aromatic nitrogens is 2. The number of carbonyl (C=O) groups excluding carboxylic acids is 2. The van der Waals surface area contributed by atoms with Gasteiger partial charge in [-0.1, -0.05) is 0 Å². The number of hydrogen-bond acceptors (Lipinski definition) is 8. The highest BCUT2D eigenvalue weighted by atomic mass is 19.1. The summed E-state index contributed by atoms with van der Waals surface area (Å²) in [4.78, 5) is 37.0. The molecule has 37 heavy (non-hydrogen) atoms. The molecule has 3 aliphatic rings. The van der Waals surface area contributed by atoms with Crippen molar-refractivity contribution in [2.75, 3.05) is 29.9 Å². The summed E-state index contributed by atoms with van der Waals surface area (Å²) in [6.07, 6.45) is 3.01. The fraction of sp³-hybridized carbons (Fsp3) is 0.538. The third-order valence-corrected chi connectivity index (χ3v) is 7.13. The van der Waals surface area contributed by atoms with E-state index in [1.807, 2.05) is 0 Å². The van der Waals surface area contributed by atoms with E-state index >= 15 is 0 Å². The number of fused-ring (bicyclic) bond motifs is 1. The van der Waals surface area contributed by atoms with E-state index in [-0.39, 0.29) is 35.9 Å². The van der Waals surface area contributed by atoms with Crippen LogP contribution in [0.2, 0.25) is 0 Å². The normalized spacial score (nSPS) is 21.6. The number of halogens is 2. The van der Waals surface area contributed by atoms with Crippen molar-refractivity contribution < 1.29 is 27.8 Å². The van der Waals surface area contributed by atoms with Crippen LogP contribution in [0.15, 0.2) is 18.2 Å². The van der Waals surface area contributed by atoms with E-state index in [9.17, 15) is 18.4 Å². The summed E-state index contributed by atoms with van der Waals surface area (Å²) in [7, 11) is 0. The Bertz CT molecular complexity index is 1180. The van der Waals surface area contributed by atoms with Gasteiger partial charge in [0.15, 0.2) is 23.2 Å². The molecule has 1 saturated carbocycles. The number of ether oxygens (including phenoxy) is 2. The van der Waals surface area contributed by atoms with Crippen LogP contribution in [-0.4, -0.2) is 64.6 Å². The summed E-state index contributed by atoms with van der Waals surface area (Å²) in [6, 6.07) is 3.43. The average molecular weight is 516 g/mol. The number of esters is 1. The van der Waals surface area contributed by atoms with Crippen LogP contribution in [0.5, 0.6) is 5.75 Å².